The summed E-state index contributed by atoms with van der Waals surface area (Å²) in [5.41, 5.74) is 11.0. The summed E-state index contributed by atoms with van der Waals surface area (Å²) in [4.78, 5) is 10.6. The molecule has 0 spiro atoms. The monoisotopic (exact) mass is 212 g/mol. The molecule has 0 aliphatic carbocycles. The molecule has 4 N–H and O–H groups in total. The number of amides is 1. The zero-order valence-electron chi connectivity index (χ0n) is 8.37. The Morgan fingerprint density at radius 1 is 1.60 bits per heavy atom. The summed E-state index contributed by atoms with van der Waals surface area (Å²) < 4.78 is 17.9. The molecule has 1 unspecified atom stereocenters. The summed E-state index contributed by atoms with van der Waals surface area (Å²) in [5.74, 6) is -0.470. The van der Waals surface area contributed by atoms with Gasteiger partial charge < -0.3 is 16.2 Å². The first-order valence-corrected chi connectivity index (χ1v) is 4.44. The van der Waals surface area contributed by atoms with Crippen molar-refractivity contribution in [2.24, 2.45) is 11.5 Å². The van der Waals surface area contributed by atoms with Crippen LogP contribution in [0.2, 0.25) is 0 Å². The molecular formula is C10H13FN2O2. The smallest absolute Gasteiger partial charge is 0.237 e. The minimum Gasteiger partial charge on any atom is -0.491 e. The maximum atomic E-state index is 12.7. The fourth-order valence-electron chi connectivity index (χ4n) is 1.04. The van der Waals surface area contributed by atoms with Crippen molar-refractivity contribution in [3.05, 3.63) is 29.6 Å². The summed E-state index contributed by atoms with van der Waals surface area (Å²) in [5, 5.41) is 0. The molecule has 0 aliphatic heterocycles. The topological polar surface area (TPSA) is 78.3 Å². The highest BCUT2D eigenvalue weighted by atomic mass is 19.1. The number of halogens is 1. The van der Waals surface area contributed by atoms with E-state index in [1.165, 1.54) is 18.2 Å². The van der Waals surface area contributed by atoms with E-state index in [2.05, 4.69) is 0 Å². The van der Waals surface area contributed by atoms with Crippen LogP contribution < -0.4 is 16.2 Å². The molecule has 1 amide bonds. The van der Waals surface area contributed by atoms with Crippen molar-refractivity contribution in [3.8, 4) is 5.75 Å². The van der Waals surface area contributed by atoms with E-state index >= 15 is 0 Å². The van der Waals surface area contributed by atoms with Gasteiger partial charge in [-0.05, 0) is 30.7 Å². The predicted molar refractivity (Wildman–Crippen MR) is 53.8 cm³/mol. The predicted octanol–water partition coefficient (Wildman–Crippen LogP) is 0.326. The maximum absolute atomic E-state index is 12.7. The molecule has 82 valence electrons. The fourth-order valence-corrected chi connectivity index (χ4v) is 1.04. The number of carbonyl (C=O) groups is 1. The Bertz CT molecular complexity index is 368. The highest BCUT2D eigenvalue weighted by Crippen LogP contribution is 2.18. The first-order valence-electron chi connectivity index (χ1n) is 4.44. The van der Waals surface area contributed by atoms with E-state index in [9.17, 15) is 9.18 Å². The van der Waals surface area contributed by atoms with Crippen LogP contribution in [0.4, 0.5) is 4.39 Å². The van der Waals surface area contributed by atoms with Crippen LogP contribution in [-0.2, 0) is 4.79 Å². The third-order valence-electron chi connectivity index (χ3n) is 1.92. The van der Waals surface area contributed by atoms with Gasteiger partial charge in [0.1, 0.15) is 24.2 Å². The number of rotatable bonds is 4. The minimum absolute atomic E-state index is 0.0121. The summed E-state index contributed by atoms with van der Waals surface area (Å²) in [6.07, 6.45) is 0. The lowest BCUT2D eigenvalue weighted by Gasteiger charge is -2.11. The van der Waals surface area contributed by atoms with Crippen molar-refractivity contribution < 1.29 is 13.9 Å². The van der Waals surface area contributed by atoms with Gasteiger partial charge >= 0.3 is 0 Å². The van der Waals surface area contributed by atoms with Crippen molar-refractivity contribution >= 4 is 5.91 Å². The molecule has 1 aromatic rings. The lowest BCUT2D eigenvalue weighted by Crippen LogP contribution is -2.41. The number of hydrogen-bond donors (Lipinski definition) is 2. The zero-order chi connectivity index (χ0) is 11.4. The van der Waals surface area contributed by atoms with E-state index in [1.54, 1.807) is 6.92 Å². The van der Waals surface area contributed by atoms with Gasteiger partial charge in [-0.25, -0.2) is 4.39 Å². The largest absolute Gasteiger partial charge is 0.491 e. The quantitative estimate of drug-likeness (QED) is 0.754. The number of carbonyl (C=O) groups excluding carboxylic acids is 1. The molecule has 0 saturated heterocycles. The summed E-state index contributed by atoms with van der Waals surface area (Å²) in [7, 11) is 0. The second-order valence-electron chi connectivity index (χ2n) is 3.23. The zero-order valence-corrected chi connectivity index (χ0v) is 8.37. The highest BCUT2D eigenvalue weighted by Gasteiger charge is 2.10. The normalized spacial score (nSPS) is 12.2. The Morgan fingerprint density at radius 2 is 2.27 bits per heavy atom. The SMILES string of the molecule is Cc1cc(F)ccc1OCC(N)C(N)=O. The Balaban J connectivity index is 2.62. The number of primary amides is 1. The first kappa shape index (κ1) is 11.5. The van der Waals surface area contributed by atoms with Gasteiger partial charge in [-0.2, -0.15) is 0 Å². The van der Waals surface area contributed by atoms with Crippen molar-refractivity contribution in [1.29, 1.82) is 0 Å². The minimum atomic E-state index is -0.852. The molecule has 1 aromatic carbocycles. The Morgan fingerprint density at radius 3 is 2.80 bits per heavy atom. The van der Waals surface area contributed by atoms with Gasteiger partial charge in [0.2, 0.25) is 5.91 Å². The molecule has 0 saturated carbocycles. The number of benzene rings is 1. The van der Waals surface area contributed by atoms with Crippen LogP contribution in [0.5, 0.6) is 5.75 Å². The Kier molecular flexibility index (Phi) is 3.62. The Labute approximate surface area is 87.0 Å². The van der Waals surface area contributed by atoms with Gasteiger partial charge in [0.25, 0.3) is 0 Å². The third-order valence-corrected chi connectivity index (χ3v) is 1.92. The van der Waals surface area contributed by atoms with Gasteiger partial charge in [0.15, 0.2) is 0 Å². The van der Waals surface area contributed by atoms with Crippen LogP contribution in [0.25, 0.3) is 0 Å². The number of aryl methyl sites for hydroxylation is 1. The van der Waals surface area contributed by atoms with Gasteiger partial charge in [-0.3, -0.25) is 4.79 Å². The molecule has 0 bridgehead atoms. The molecule has 1 rings (SSSR count). The van der Waals surface area contributed by atoms with Crippen molar-refractivity contribution in [1.82, 2.24) is 0 Å². The second kappa shape index (κ2) is 4.75. The van der Waals surface area contributed by atoms with Crippen LogP contribution >= 0.6 is 0 Å². The second-order valence-corrected chi connectivity index (χ2v) is 3.23. The third kappa shape index (κ3) is 3.21. The number of nitrogens with two attached hydrogens (primary N) is 2. The van der Waals surface area contributed by atoms with Crippen LogP contribution in [0.15, 0.2) is 18.2 Å². The van der Waals surface area contributed by atoms with Crippen LogP contribution in [0, 0.1) is 12.7 Å². The van der Waals surface area contributed by atoms with Crippen LogP contribution in [0.1, 0.15) is 5.56 Å². The molecule has 0 fully saturated rings. The lowest BCUT2D eigenvalue weighted by molar-refractivity contribution is -0.119. The molecule has 4 nitrogen and oxygen atoms in total. The summed E-state index contributed by atoms with van der Waals surface area (Å²) >= 11 is 0. The summed E-state index contributed by atoms with van der Waals surface area (Å²) in [6.45, 7) is 1.69. The van der Waals surface area contributed by atoms with E-state index < -0.39 is 11.9 Å². The van der Waals surface area contributed by atoms with E-state index in [0.717, 1.165) is 0 Å². The van der Waals surface area contributed by atoms with E-state index in [-0.39, 0.29) is 12.4 Å². The van der Waals surface area contributed by atoms with Crippen LogP contribution in [0.3, 0.4) is 0 Å². The molecule has 1 atom stereocenters. The standard InChI is InChI=1S/C10H13FN2O2/c1-6-4-7(11)2-3-9(6)15-5-8(12)10(13)14/h2-4,8H,5,12H2,1H3,(H2,13,14). The fraction of sp³-hybridized carbons (Fsp3) is 0.300. The van der Waals surface area contributed by atoms with Gasteiger partial charge in [-0.1, -0.05) is 0 Å². The molecule has 0 aromatic heterocycles. The molecule has 0 radical (unpaired) electrons. The molecule has 0 heterocycles. The lowest BCUT2D eigenvalue weighted by atomic mass is 10.2. The van der Waals surface area contributed by atoms with E-state index in [0.29, 0.717) is 11.3 Å². The first-order chi connectivity index (χ1) is 7.00. The van der Waals surface area contributed by atoms with E-state index in [1.807, 2.05) is 0 Å². The van der Waals surface area contributed by atoms with Gasteiger partial charge in [0.05, 0.1) is 0 Å². The van der Waals surface area contributed by atoms with Crippen molar-refractivity contribution in [2.45, 2.75) is 13.0 Å². The number of ether oxygens (including phenoxy) is 1. The Hall–Kier alpha value is -1.62. The average molecular weight is 212 g/mol. The molecule has 15 heavy (non-hydrogen) atoms. The van der Waals surface area contributed by atoms with Crippen LogP contribution in [-0.4, -0.2) is 18.6 Å². The van der Waals surface area contributed by atoms with E-state index in [4.69, 9.17) is 16.2 Å². The molecule has 0 aliphatic rings. The van der Waals surface area contributed by atoms with Gasteiger partial charge in [0, 0.05) is 0 Å². The van der Waals surface area contributed by atoms with Crippen molar-refractivity contribution in [2.75, 3.05) is 6.61 Å². The van der Waals surface area contributed by atoms with Crippen molar-refractivity contribution in [3.63, 3.8) is 0 Å². The molecular weight excluding hydrogens is 199 g/mol. The van der Waals surface area contributed by atoms with Gasteiger partial charge in [-0.15, -0.1) is 0 Å². The highest BCUT2D eigenvalue weighted by molar-refractivity contribution is 5.79. The maximum Gasteiger partial charge on any atom is 0.237 e. The average Bonchev–Trinajstić information content (AvgIpc) is 2.15. The number of hydrogen-bond acceptors (Lipinski definition) is 3. The molecule has 5 heteroatoms. The summed E-state index contributed by atoms with van der Waals surface area (Å²) in [6, 6.07) is 3.25.